The van der Waals surface area contributed by atoms with Crippen LogP contribution in [0.15, 0.2) is 0 Å². The molecule has 2 fully saturated rings. The van der Waals surface area contributed by atoms with Crippen LogP contribution in [0.4, 0.5) is 0 Å². The largest absolute Gasteiger partial charge is 0.381 e. The minimum absolute atomic E-state index is 0.280. The van der Waals surface area contributed by atoms with E-state index in [1.807, 2.05) is 0 Å². The lowest BCUT2D eigenvalue weighted by atomic mass is 9.85. The first-order valence-corrected chi connectivity index (χ1v) is 5.71. The second-order valence-corrected chi connectivity index (χ2v) is 4.42. The predicted octanol–water partition coefficient (Wildman–Crippen LogP) is 1.33. The Hall–Kier alpha value is -0.570. The number of hydrogen-bond donors (Lipinski definition) is 1. The van der Waals surface area contributed by atoms with E-state index in [0.29, 0.717) is 0 Å². The van der Waals surface area contributed by atoms with Crippen molar-refractivity contribution < 1.29 is 9.53 Å². The average molecular weight is 197 g/mol. The summed E-state index contributed by atoms with van der Waals surface area (Å²) in [6.45, 7) is 2.65. The van der Waals surface area contributed by atoms with E-state index in [9.17, 15) is 4.79 Å². The van der Waals surface area contributed by atoms with E-state index in [1.165, 1.54) is 0 Å². The Labute approximate surface area is 85.2 Å². The first-order valence-electron chi connectivity index (χ1n) is 5.71. The summed E-state index contributed by atoms with van der Waals surface area (Å²) in [4.78, 5) is 11.5. The highest BCUT2D eigenvalue weighted by molar-refractivity contribution is 5.79. The molecule has 2 rings (SSSR count). The molecule has 3 heteroatoms. The summed E-state index contributed by atoms with van der Waals surface area (Å²) in [5.41, 5.74) is 0. The van der Waals surface area contributed by atoms with Gasteiger partial charge in [-0.05, 0) is 38.0 Å². The molecule has 0 saturated carbocycles. The van der Waals surface area contributed by atoms with Gasteiger partial charge in [0.25, 0.3) is 0 Å². The van der Waals surface area contributed by atoms with Gasteiger partial charge in [-0.1, -0.05) is 0 Å². The van der Waals surface area contributed by atoms with E-state index in [1.54, 1.807) is 0 Å². The predicted molar refractivity (Wildman–Crippen MR) is 53.9 cm³/mol. The molecule has 2 saturated heterocycles. The maximum Gasteiger partial charge on any atom is 0.223 e. The highest BCUT2D eigenvalue weighted by Gasteiger charge is 2.26. The van der Waals surface area contributed by atoms with Gasteiger partial charge in [0.2, 0.25) is 5.91 Å². The normalized spacial score (nSPS) is 30.0. The molecule has 1 atom stereocenters. The maximum atomic E-state index is 11.5. The van der Waals surface area contributed by atoms with Gasteiger partial charge in [0, 0.05) is 25.7 Å². The number of ether oxygens (including phenoxy) is 1. The number of carbonyl (C=O) groups excluding carboxylic acids is 1. The summed E-state index contributed by atoms with van der Waals surface area (Å²) in [5.74, 6) is 1.28. The fourth-order valence-corrected chi connectivity index (χ4v) is 2.44. The van der Waals surface area contributed by atoms with Crippen molar-refractivity contribution in [3.8, 4) is 0 Å². The van der Waals surface area contributed by atoms with Crippen LogP contribution in [0.2, 0.25) is 0 Å². The lowest BCUT2D eigenvalue weighted by Crippen LogP contribution is -2.37. The van der Waals surface area contributed by atoms with Gasteiger partial charge in [0.1, 0.15) is 0 Å². The molecule has 80 valence electrons. The van der Waals surface area contributed by atoms with Gasteiger partial charge in [0.15, 0.2) is 0 Å². The van der Waals surface area contributed by atoms with Crippen molar-refractivity contribution in [2.45, 2.75) is 32.1 Å². The zero-order valence-electron chi connectivity index (χ0n) is 8.63. The van der Waals surface area contributed by atoms with Crippen LogP contribution in [0.5, 0.6) is 0 Å². The number of rotatable bonds is 2. The minimum Gasteiger partial charge on any atom is -0.381 e. The zero-order chi connectivity index (χ0) is 9.80. The lowest BCUT2D eigenvalue weighted by Gasteiger charge is -2.28. The standard InChI is InChI=1S/C11H19NO2/c13-11-10(2-1-5-12-11)8-9-3-6-14-7-4-9/h9-10H,1-8H2,(H,12,13). The Balaban J connectivity index is 1.79. The number of hydrogen-bond acceptors (Lipinski definition) is 2. The Bertz CT molecular complexity index is 199. The van der Waals surface area contributed by atoms with Gasteiger partial charge in [-0.3, -0.25) is 4.79 Å². The fraction of sp³-hybridized carbons (Fsp3) is 0.909. The molecule has 0 spiro atoms. The van der Waals surface area contributed by atoms with Gasteiger partial charge in [-0.15, -0.1) is 0 Å². The Morgan fingerprint density at radius 3 is 2.79 bits per heavy atom. The maximum absolute atomic E-state index is 11.5. The molecular weight excluding hydrogens is 178 g/mol. The zero-order valence-corrected chi connectivity index (χ0v) is 8.63. The quantitative estimate of drug-likeness (QED) is 0.725. The summed E-state index contributed by atoms with van der Waals surface area (Å²) in [7, 11) is 0. The van der Waals surface area contributed by atoms with E-state index in [2.05, 4.69) is 5.32 Å². The number of nitrogens with one attached hydrogen (secondary N) is 1. The van der Waals surface area contributed by atoms with Crippen molar-refractivity contribution in [2.75, 3.05) is 19.8 Å². The van der Waals surface area contributed by atoms with Crippen molar-refractivity contribution >= 4 is 5.91 Å². The molecule has 0 aromatic rings. The third kappa shape index (κ3) is 2.47. The molecule has 2 aliphatic rings. The van der Waals surface area contributed by atoms with E-state index in [4.69, 9.17) is 4.74 Å². The molecular formula is C11H19NO2. The van der Waals surface area contributed by atoms with Crippen molar-refractivity contribution in [2.24, 2.45) is 11.8 Å². The topological polar surface area (TPSA) is 38.3 Å². The van der Waals surface area contributed by atoms with Crippen molar-refractivity contribution in [1.82, 2.24) is 5.32 Å². The highest BCUT2D eigenvalue weighted by atomic mass is 16.5. The van der Waals surface area contributed by atoms with E-state index < -0.39 is 0 Å². The Morgan fingerprint density at radius 1 is 1.29 bits per heavy atom. The summed E-state index contributed by atoms with van der Waals surface area (Å²) in [6.07, 6.45) is 5.60. The first kappa shape index (κ1) is 9.97. The second kappa shape index (κ2) is 4.78. The molecule has 0 aromatic carbocycles. The summed E-state index contributed by atoms with van der Waals surface area (Å²) >= 11 is 0. The monoisotopic (exact) mass is 197 g/mol. The van der Waals surface area contributed by atoms with Crippen LogP contribution in [0.25, 0.3) is 0 Å². The Morgan fingerprint density at radius 2 is 2.07 bits per heavy atom. The summed E-state index contributed by atoms with van der Waals surface area (Å²) < 4.78 is 5.32. The van der Waals surface area contributed by atoms with E-state index in [0.717, 1.165) is 57.8 Å². The van der Waals surface area contributed by atoms with Crippen LogP contribution < -0.4 is 5.32 Å². The van der Waals surface area contributed by atoms with Gasteiger partial charge in [0.05, 0.1) is 0 Å². The van der Waals surface area contributed by atoms with Crippen LogP contribution in [0.3, 0.4) is 0 Å². The van der Waals surface area contributed by atoms with Crippen LogP contribution in [0.1, 0.15) is 32.1 Å². The molecule has 1 amide bonds. The van der Waals surface area contributed by atoms with Crippen molar-refractivity contribution in [3.63, 3.8) is 0 Å². The first-order chi connectivity index (χ1) is 6.86. The molecule has 14 heavy (non-hydrogen) atoms. The SMILES string of the molecule is O=C1NCCCC1CC1CCOCC1. The third-order valence-electron chi connectivity index (χ3n) is 3.36. The molecule has 1 N–H and O–H groups in total. The summed E-state index contributed by atoms with van der Waals surface area (Å²) in [6, 6.07) is 0. The van der Waals surface area contributed by atoms with Crippen molar-refractivity contribution in [1.29, 1.82) is 0 Å². The highest BCUT2D eigenvalue weighted by Crippen LogP contribution is 2.26. The van der Waals surface area contributed by atoms with Crippen LogP contribution >= 0.6 is 0 Å². The minimum atomic E-state index is 0.280. The molecule has 0 aromatic heterocycles. The number of amides is 1. The van der Waals surface area contributed by atoms with Gasteiger partial charge >= 0.3 is 0 Å². The van der Waals surface area contributed by atoms with Gasteiger partial charge in [-0.25, -0.2) is 0 Å². The van der Waals surface area contributed by atoms with Gasteiger partial charge < -0.3 is 10.1 Å². The van der Waals surface area contributed by atoms with Crippen LogP contribution in [-0.2, 0) is 9.53 Å². The van der Waals surface area contributed by atoms with Crippen molar-refractivity contribution in [3.05, 3.63) is 0 Å². The number of carbonyl (C=O) groups is 1. The van der Waals surface area contributed by atoms with Crippen LogP contribution in [-0.4, -0.2) is 25.7 Å². The fourth-order valence-electron chi connectivity index (χ4n) is 2.44. The molecule has 0 radical (unpaired) electrons. The molecule has 2 heterocycles. The molecule has 0 bridgehead atoms. The molecule has 0 aliphatic carbocycles. The molecule has 3 nitrogen and oxygen atoms in total. The number of piperidine rings is 1. The smallest absolute Gasteiger partial charge is 0.223 e. The van der Waals surface area contributed by atoms with Gasteiger partial charge in [-0.2, -0.15) is 0 Å². The molecule has 2 aliphatic heterocycles. The lowest BCUT2D eigenvalue weighted by molar-refractivity contribution is -0.127. The average Bonchev–Trinajstić information content (AvgIpc) is 2.23. The second-order valence-electron chi connectivity index (χ2n) is 4.42. The summed E-state index contributed by atoms with van der Waals surface area (Å²) in [5, 5.41) is 2.95. The molecule has 1 unspecified atom stereocenters. The van der Waals surface area contributed by atoms with E-state index in [-0.39, 0.29) is 11.8 Å². The Kier molecular flexibility index (Phi) is 3.40. The van der Waals surface area contributed by atoms with Crippen LogP contribution in [0, 0.1) is 11.8 Å². The third-order valence-corrected chi connectivity index (χ3v) is 3.36. The van der Waals surface area contributed by atoms with E-state index >= 15 is 0 Å².